The molecule has 0 fully saturated rings. The Labute approximate surface area is 186 Å². The average molecular weight is 430 g/mol. The van der Waals surface area contributed by atoms with Crippen LogP contribution in [-0.4, -0.2) is 16.0 Å². The lowest BCUT2D eigenvalue weighted by Gasteiger charge is -2.13. The van der Waals surface area contributed by atoms with Crippen LogP contribution in [0.5, 0.6) is 0 Å². The topological polar surface area (TPSA) is 67.2 Å². The zero-order valence-corrected chi connectivity index (χ0v) is 18.5. The van der Waals surface area contributed by atoms with Crippen molar-refractivity contribution in [1.29, 1.82) is 0 Å². The number of carbonyl (C=O) groups is 1. The fraction of sp³-hybridized carbons (Fsp3) is 0.160. The molecule has 1 aromatic heterocycles. The lowest BCUT2D eigenvalue weighted by atomic mass is 10.1. The number of amides is 1. The Morgan fingerprint density at radius 1 is 1.03 bits per heavy atom. The van der Waals surface area contributed by atoms with Crippen molar-refractivity contribution in [2.45, 2.75) is 27.2 Å². The van der Waals surface area contributed by atoms with Gasteiger partial charge < -0.3 is 15.1 Å². The molecule has 0 aliphatic heterocycles. The van der Waals surface area contributed by atoms with Crippen molar-refractivity contribution in [3.63, 3.8) is 0 Å². The molecule has 31 heavy (non-hydrogen) atoms. The fourth-order valence-electron chi connectivity index (χ4n) is 3.60. The van der Waals surface area contributed by atoms with E-state index in [2.05, 4.69) is 21.7 Å². The van der Waals surface area contributed by atoms with Crippen molar-refractivity contribution in [1.82, 2.24) is 10.3 Å². The van der Waals surface area contributed by atoms with E-state index in [1.54, 1.807) is 0 Å². The quantitative estimate of drug-likeness (QED) is 0.421. The molecule has 0 saturated carbocycles. The second-order valence-electron chi connectivity index (χ2n) is 7.59. The van der Waals surface area contributed by atoms with E-state index >= 15 is 0 Å². The number of benzene rings is 3. The van der Waals surface area contributed by atoms with E-state index in [9.17, 15) is 4.79 Å². The largest absolute Gasteiger partial charge is 0.436 e. The van der Waals surface area contributed by atoms with Crippen molar-refractivity contribution in [2.75, 3.05) is 5.32 Å². The van der Waals surface area contributed by atoms with Gasteiger partial charge in [0.25, 0.3) is 0 Å². The Hall–Kier alpha value is -3.51. The van der Waals surface area contributed by atoms with E-state index in [4.69, 9.17) is 16.6 Å². The number of aryl methyl sites for hydroxylation is 2. The second kappa shape index (κ2) is 8.70. The molecular formula is C25H23N3O2S. The molecule has 5 nitrogen and oxygen atoms in total. The number of hydrogen-bond acceptors (Lipinski definition) is 4. The Balaban J connectivity index is 1.52. The summed E-state index contributed by atoms with van der Waals surface area (Å²) < 4.78 is 6.07. The number of rotatable bonds is 4. The molecule has 1 amide bonds. The van der Waals surface area contributed by atoms with Gasteiger partial charge in [0.1, 0.15) is 5.52 Å². The van der Waals surface area contributed by atoms with Crippen LogP contribution in [0.2, 0.25) is 0 Å². The van der Waals surface area contributed by atoms with Crippen molar-refractivity contribution >= 4 is 40.0 Å². The van der Waals surface area contributed by atoms with Crippen LogP contribution in [-0.2, 0) is 11.2 Å². The maximum Gasteiger partial charge on any atom is 0.230 e. The van der Waals surface area contributed by atoms with Crippen LogP contribution in [0.15, 0.2) is 65.1 Å². The van der Waals surface area contributed by atoms with E-state index in [1.807, 2.05) is 75.4 Å². The molecule has 0 spiro atoms. The van der Waals surface area contributed by atoms with Gasteiger partial charge >= 0.3 is 0 Å². The number of thiocarbonyl (C=S) groups is 1. The smallest absolute Gasteiger partial charge is 0.230 e. The molecule has 2 N–H and O–H groups in total. The van der Waals surface area contributed by atoms with Gasteiger partial charge in [-0.05, 0) is 73.4 Å². The first kappa shape index (κ1) is 20.8. The van der Waals surface area contributed by atoms with Crippen LogP contribution in [0.3, 0.4) is 0 Å². The fourth-order valence-corrected chi connectivity index (χ4v) is 3.82. The van der Waals surface area contributed by atoms with Crippen LogP contribution in [0, 0.1) is 20.8 Å². The molecule has 4 rings (SSSR count). The molecule has 6 heteroatoms. The summed E-state index contributed by atoms with van der Waals surface area (Å²) in [7, 11) is 0. The minimum absolute atomic E-state index is 0.165. The third-order valence-corrected chi connectivity index (χ3v) is 5.30. The van der Waals surface area contributed by atoms with Crippen molar-refractivity contribution in [3.05, 3.63) is 82.9 Å². The molecule has 1 heterocycles. The van der Waals surface area contributed by atoms with Gasteiger partial charge in [0.15, 0.2) is 10.7 Å². The van der Waals surface area contributed by atoms with E-state index in [1.165, 1.54) is 0 Å². The third kappa shape index (κ3) is 4.64. The maximum absolute atomic E-state index is 12.3. The lowest BCUT2D eigenvalue weighted by molar-refractivity contribution is -0.119. The summed E-state index contributed by atoms with van der Waals surface area (Å²) in [6, 6.07) is 19.4. The number of aromatic nitrogens is 1. The standard InChI is InChI=1S/C25H23N3O2S/c1-15-12-16(2)23-21(13-15)26-24(30-23)19-10-7-11-20(17(19)3)27-25(31)28-22(29)14-18-8-5-4-6-9-18/h4-13H,14H2,1-3H3,(H2,27,28,29,31). The van der Waals surface area contributed by atoms with Gasteiger partial charge in [-0.15, -0.1) is 0 Å². The van der Waals surface area contributed by atoms with E-state index in [-0.39, 0.29) is 17.4 Å². The summed E-state index contributed by atoms with van der Waals surface area (Å²) in [5.41, 5.74) is 7.37. The van der Waals surface area contributed by atoms with E-state index < -0.39 is 0 Å². The molecule has 156 valence electrons. The first-order chi connectivity index (χ1) is 14.9. The molecule has 0 aliphatic rings. The van der Waals surface area contributed by atoms with Crippen LogP contribution >= 0.6 is 12.2 Å². The number of nitrogens with zero attached hydrogens (tertiary/aromatic N) is 1. The minimum Gasteiger partial charge on any atom is -0.436 e. The Bertz CT molecular complexity index is 1280. The molecule has 0 radical (unpaired) electrons. The number of fused-ring (bicyclic) bond motifs is 1. The SMILES string of the molecule is Cc1cc(C)c2oc(-c3cccc(NC(=S)NC(=O)Cc4ccccc4)c3C)nc2c1. The highest BCUT2D eigenvalue weighted by atomic mass is 32.1. The predicted molar refractivity (Wildman–Crippen MR) is 128 cm³/mol. The molecule has 0 saturated heterocycles. The Morgan fingerprint density at radius 2 is 1.81 bits per heavy atom. The summed E-state index contributed by atoms with van der Waals surface area (Å²) in [6.45, 7) is 6.04. The second-order valence-corrected chi connectivity index (χ2v) is 8.00. The van der Waals surface area contributed by atoms with Crippen molar-refractivity contribution in [2.24, 2.45) is 0 Å². The normalized spacial score (nSPS) is 10.8. The van der Waals surface area contributed by atoms with E-state index in [0.717, 1.165) is 44.6 Å². The molecule has 0 aliphatic carbocycles. The van der Waals surface area contributed by atoms with Crippen LogP contribution < -0.4 is 10.6 Å². The molecule has 3 aromatic carbocycles. The van der Waals surface area contributed by atoms with Gasteiger partial charge in [-0.1, -0.05) is 42.5 Å². The van der Waals surface area contributed by atoms with Gasteiger partial charge in [-0.3, -0.25) is 4.79 Å². The summed E-state index contributed by atoms with van der Waals surface area (Å²) >= 11 is 5.35. The highest BCUT2D eigenvalue weighted by Crippen LogP contribution is 2.32. The summed E-state index contributed by atoms with van der Waals surface area (Å²) in [4.78, 5) is 17.0. The minimum atomic E-state index is -0.165. The number of carbonyl (C=O) groups excluding carboxylic acids is 1. The molecule has 0 unspecified atom stereocenters. The van der Waals surface area contributed by atoms with Crippen molar-refractivity contribution in [3.8, 4) is 11.5 Å². The third-order valence-electron chi connectivity index (χ3n) is 5.09. The average Bonchev–Trinajstić information content (AvgIpc) is 3.14. The Morgan fingerprint density at radius 3 is 2.58 bits per heavy atom. The predicted octanol–water partition coefficient (Wildman–Crippen LogP) is 5.48. The van der Waals surface area contributed by atoms with Gasteiger partial charge in [0.05, 0.1) is 6.42 Å². The first-order valence-corrected chi connectivity index (χ1v) is 10.4. The highest BCUT2D eigenvalue weighted by Gasteiger charge is 2.15. The molecule has 0 atom stereocenters. The summed E-state index contributed by atoms with van der Waals surface area (Å²) in [5, 5.41) is 6.12. The monoisotopic (exact) mass is 429 g/mol. The number of hydrogen-bond donors (Lipinski definition) is 2. The molecule has 4 aromatic rings. The lowest BCUT2D eigenvalue weighted by Crippen LogP contribution is -2.35. The molecular weight excluding hydrogens is 406 g/mol. The number of oxazole rings is 1. The van der Waals surface area contributed by atoms with Crippen LogP contribution in [0.1, 0.15) is 22.3 Å². The first-order valence-electron chi connectivity index (χ1n) is 10.0. The zero-order valence-electron chi connectivity index (χ0n) is 17.7. The number of anilines is 1. The van der Waals surface area contributed by atoms with Gasteiger partial charge in [0.2, 0.25) is 11.8 Å². The van der Waals surface area contributed by atoms with Gasteiger partial charge in [0, 0.05) is 11.3 Å². The highest BCUT2D eigenvalue weighted by molar-refractivity contribution is 7.80. The van der Waals surface area contributed by atoms with Crippen LogP contribution in [0.4, 0.5) is 5.69 Å². The van der Waals surface area contributed by atoms with Gasteiger partial charge in [-0.2, -0.15) is 0 Å². The zero-order chi connectivity index (χ0) is 22.0. The van der Waals surface area contributed by atoms with Gasteiger partial charge in [-0.25, -0.2) is 4.98 Å². The maximum atomic E-state index is 12.3. The Kier molecular flexibility index (Phi) is 5.82. The summed E-state index contributed by atoms with van der Waals surface area (Å²) in [5.74, 6) is 0.395. The van der Waals surface area contributed by atoms with Crippen LogP contribution in [0.25, 0.3) is 22.6 Å². The summed E-state index contributed by atoms with van der Waals surface area (Å²) in [6.07, 6.45) is 0.267. The van der Waals surface area contributed by atoms with E-state index in [0.29, 0.717) is 5.89 Å². The van der Waals surface area contributed by atoms with Crippen molar-refractivity contribution < 1.29 is 9.21 Å². The molecule has 0 bridgehead atoms. The number of nitrogens with one attached hydrogen (secondary N) is 2.